The van der Waals surface area contributed by atoms with Crippen LogP contribution in [0.1, 0.15) is 36.0 Å². The second-order valence-electron chi connectivity index (χ2n) is 8.61. The Morgan fingerprint density at radius 2 is 1.73 bits per heavy atom. The molecule has 1 amide bonds. The van der Waals surface area contributed by atoms with E-state index in [1.807, 2.05) is 0 Å². The van der Waals surface area contributed by atoms with Gasteiger partial charge in [-0.05, 0) is 60.8 Å². The monoisotopic (exact) mass is 453 g/mol. The van der Waals surface area contributed by atoms with Gasteiger partial charge in [-0.1, -0.05) is 11.6 Å². The summed E-state index contributed by atoms with van der Waals surface area (Å²) in [7, 11) is 0. The molecule has 6 atom stereocenters. The van der Waals surface area contributed by atoms with E-state index in [1.165, 1.54) is 24.6 Å². The average molecular weight is 454 g/mol. The number of halogens is 4. The number of carbonyl (C=O) groups is 1. The maximum atomic E-state index is 13.5. The van der Waals surface area contributed by atoms with E-state index >= 15 is 0 Å². The summed E-state index contributed by atoms with van der Waals surface area (Å²) in [5.74, 6) is -2.74. The Hall–Kier alpha value is -1.70. The smallest absolute Gasteiger partial charge is 0.255 e. The molecule has 4 bridgehead atoms. The zero-order valence-corrected chi connectivity index (χ0v) is 17.4. The van der Waals surface area contributed by atoms with Crippen molar-refractivity contribution in [2.45, 2.75) is 35.8 Å². The number of rotatable bonds is 4. The molecule has 0 radical (unpaired) electrons. The first-order valence-electron chi connectivity index (χ1n) is 9.98. The van der Waals surface area contributed by atoms with Gasteiger partial charge in [0.1, 0.15) is 5.25 Å². The van der Waals surface area contributed by atoms with E-state index in [9.17, 15) is 22.5 Å². The van der Waals surface area contributed by atoms with Crippen molar-refractivity contribution in [1.82, 2.24) is 0 Å². The molecule has 4 fully saturated rings. The number of benzene rings is 2. The minimum absolute atomic E-state index is 0.0600. The first-order chi connectivity index (χ1) is 14.3. The van der Waals surface area contributed by atoms with Crippen LogP contribution >= 0.6 is 11.6 Å². The van der Waals surface area contributed by atoms with Gasteiger partial charge in [0.2, 0.25) is 0 Å². The minimum atomic E-state index is -1.60. The van der Waals surface area contributed by atoms with Crippen LogP contribution in [0.2, 0.25) is 5.02 Å². The van der Waals surface area contributed by atoms with Gasteiger partial charge in [-0.15, -0.1) is 0 Å². The Morgan fingerprint density at radius 3 is 2.43 bits per heavy atom. The van der Waals surface area contributed by atoms with Crippen LogP contribution in [0.25, 0.3) is 0 Å². The number of carbonyl (C=O) groups excluding carboxylic acids is 1. The highest BCUT2D eigenvalue weighted by Crippen LogP contribution is 2.60. The third kappa shape index (κ3) is 3.31. The fourth-order valence-electron chi connectivity index (χ4n) is 5.78. The third-order valence-corrected chi connectivity index (χ3v) is 9.32. The van der Waals surface area contributed by atoms with Crippen molar-refractivity contribution < 1.29 is 22.5 Å². The van der Waals surface area contributed by atoms with Gasteiger partial charge in [0.15, 0.2) is 22.3 Å². The average Bonchev–Trinajstić information content (AvgIpc) is 3.12. The number of hydrogen-bond acceptors (Lipinski definition) is 2. The normalized spacial score (nSPS) is 30.0. The number of hydrogen-bond donors (Lipinski definition) is 1. The van der Waals surface area contributed by atoms with E-state index in [2.05, 4.69) is 5.32 Å². The molecule has 0 heterocycles. The molecule has 0 aliphatic heterocycles. The zero-order valence-electron chi connectivity index (χ0n) is 15.8. The highest BCUT2D eigenvalue weighted by atomic mass is 35.5. The van der Waals surface area contributed by atoms with Crippen molar-refractivity contribution in [3.63, 3.8) is 0 Å². The van der Waals surface area contributed by atoms with Crippen LogP contribution in [0.15, 0.2) is 35.2 Å². The summed E-state index contributed by atoms with van der Waals surface area (Å²) in [4.78, 5) is 13.0. The highest BCUT2D eigenvalue weighted by molar-refractivity contribution is 7.92. The lowest BCUT2D eigenvalue weighted by Gasteiger charge is -2.33. The van der Waals surface area contributed by atoms with Crippen molar-refractivity contribution in [2.75, 3.05) is 5.32 Å². The lowest BCUT2D eigenvalue weighted by molar-refractivity contribution is 0.102. The van der Waals surface area contributed by atoms with E-state index in [4.69, 9.17) is 11.6 Å². The number of anilines is 1. The van der Waals surface area contributed by atoms with Crippen molar-refractivity contribution in [3.05, 3.63) is 58.4 Å². The zero-order chi connectivity index (χ0) is 21.2. The van der Waals surface area contributed by atoms with Crippen LogP contribution < -0.4 is 5.32 Å². The lowest BCUT2D eigenvalue weighted by Crippen LogP contribution is -2.35. The van der Waals surface area contributed by atoms with Gasteiger partial charge in [-0.25, -0.2) is 13.2 Å². The summed E-state index contributed by atoms with van der Waals surface area (Å²) in [6.07, 6.45) is 4.59. The maximum absolute atomic E-state index is 13.5. The molecule has 6 rings (SSSR count). The second-order valence-corrected chi connectivity index (χ2v) is 10.6. The molecule has 1 N–H and O–H groups in total. The van der Waals surface area contributed by atoms with Crippen LogP contribution in [0.4, 0.5) is 18.9 Å². The third-order valence-electron chi connectivity index (χ3n) is 6.87. The van der Waals surface area contributed by atoms with Crippen molar-refractivity contribution >= 4 is 34.4 Å². The van der Waals surface area contributed by atoms with Gasteiger partial charge < -0.3 is 9.87 Å². The molecular weight excluding hydrogens is 435 g/mol. The molecule has 30 heavy (non-hydrogen) atoms. The van der Waals surface area contributed by atoms with Gasteiger partial charge in [0.05, 0.1) is 5.02 Å². The molecular formula is C22H19ClF3NO2S. The van der Waals surface area contributed by atoms with Gasteiger partial charge in [-0.2, -0.15) is 0 Å². The van der Waals surface area contributed by atoms with Crippen LogP contribution in [-0.4, -0.2) is 15.7 Å². The summed E-state index contributed by atoms with van der Waals surface area (Å²) in [5, 5.41) is 2.74. The number of amides is 1. The number of nitrogens with one attached hydrogen (secondary N) is 1. The Labute approximate surface area is 180 Å². The molecule has 0 spiro atoms. The topological polar surface area (TPSA) is 52.2 Å². The molecule has 4 aliphatic carbocycles. The van der Waals surface area contributed by atoms with Gasteiger partial charge in [-0.3, -0.25) is 4.79 Å². The van der Waals surface area contributed by atoms with Crippen molar-refractivity contribution in [3.8, 4) is 0 Å². The first kappa shape index (κ1) is 20.2. The van der Waals surface area contributed by atoms with Gasteiger partial charge in [0, 0.05) is 41.3 Å². The highest BCUT2D eigenvalue weighted by Gasteiger charge is 2.59. The molecule has 4 saturated carbocycles. The summed E-state index contributed by atoms with van der Waals surface area (Å²) in [5.41, 5.74) is -0.0422. The van der Waals surface area contributed by atoms with E-state index in [0.717, 1.165) is 25.2 Å². The van der Waals surface area contributed by atoms with Crippen LogP contribution in [0.5, 0.6) is 0 Å². The standard InChI is InChI=1S/C22H19ClF3NO2S/c23-16-2-1-11(22(28)27-14-8-17(24)20(26)18(25)9-14)7-19(16)30(29)21-13-4-10-3-12(6-13)15(21)5-10/h1-2,7-10,12-13,15,21H,3-6H2,(H,27,28)/t10-,12+,13?,15?,21-,30?/m1/s1. The summed E-state index contributed by atoms with van der Waals surface area (Å²) < 4.78 is 53.4. The van der Waals surface area contributed by atoms with Crippen LogP contribution in [0, 0.1) is 41.1 Å². The van der Waals surface area contributed by atoms with Gasteiger partial charge in [0.25, 0.3) is 5.91 Å². The Bertz CT molecular complexity index is 1010. The second kappa shape index (κ2) is 7.46. The maximum Gasteiger partial charge on any atom is 0.255 e. The molecule has 4 aliphatic rings. The van der Waals surface area contributed by atoms with E-state index in [-0.39, 0.29) is 16.5 Å². The predicted molar refractivity (Wildman–Crippen MR) is 108 cm³/mol. The molecule has 2 aromatic carbocycles. The lowest BCUT2D eigenvalue weighted by atomic mass is 9.82. The van der Waals surface area contributed by atoms with Gasteiger partial charge >= 0.3 is 0 Å². The predicted octanol–water partition coefficient (Wildman–Crippen LogP) is 5.55. The fourth-order valence-corrected chi connectivity index (χ4v) is 8.15. The SMILES string of the molecule is O=C(Nc1cc(F)c(F)c(F)c1)c1ccc(Cl)c([S+]([O-])[C@@H]2C3C[C@@H]4CC2[C@H](C3)C4)c1. The molecule has 2 aromatic rings. The Kier molecular flexibility index (Phi) is 5.03. The van der Waals surface area contributed by atoms with Crippen LogP contribution in [0.3, 0.4) is 0 Å². The summed E-state index contributed by atoms with van der Waals surface area (Å²) in [6, 6.07) is 5.87. The molecule has 3 unspecified atom stereocenters. The molecule has 0 aromatic heterocycles. The molecule has 8 heteroatoms. The van der Waals surface area contributed by atoms with Crippen LogP contribution in [-0.2, 0) is 11.2 Å². The molecule has 0 saturated heterocycles. The Morgan fingerprint density at radius 1 is 1.03 bits per heavy atom. The fraction of sp³-hybridized carbons (Fsp3) is 0.409. The summed E-state index contributed by atoms with van der Waals surface area (Å²) in [6.45, 7) is 0. The quantitative estimate of drug-likeness (QED) is 0.487. The minimum Gasteiger partial charge on any atom is -0.611 e. The van der Waals surface area contributed by atoms with Crippen molar-refractivity contribution in [2.24, 2.45) is 23.7 Å². The Balaban J connectivity index is 1.39. The molecule has 3 nitrogen and oxygen atoms in total. The summed E-state index contributed by atoms with van der Waals surface area (Å²) >= 11 is 4.99. The van der Waals surface area contributed by atoms with E-state index in [0.29, 0.717) is 39.8 Å². The first-order valence-corrected chi connectivity index (χ1v) is 11.6. The molecule has 158 valence electrons. The van der Waals surface area contributed by atoms with Crippen molar-refractivity contribution in [1.29, 1.82) is 0 Å². The van der Waals surface area contributed by atoms with E-state index in [1.54, 1.807) is 0 Å². The largest absolute Gasteiger partial charge is 0.611 e. The van der Waals surface area contributed by atoms with E-state index < -0.39 is 34.5 Å².